The lowest BCUT2D eigenvalue weighted by atomic mass is 9.67. The average molecular weight is 534 g/mol. The van der Waals surface area contributed by atoms with E-state index < -0.39 is 35.0 Å². The average Bonchev–Trinajstić information content (AvgIpc) is 2.76. The first-order valence-electron chi connectivity index (χ1n) is 12.0. The van der Waals surface area contributed by atoms with E-state index in [0.29, 0.717) is 16.5 Å². The van der Waals surface area contributed by atoms with Crippen molar-refractivity contribution in [3.8, 4) is 0 Å². The number of amides is 1. The summed E-state index contributed by atoms with van der Waals surface area (Å²) in [5, 5.41) is 10.8. The number of hydrogen-bond acceptors (Lipinski definition) is 4. The Bertz CT molecular complexity index is 1130. The topological polar surface area (TPSA) is 83.9 Å². The number of carboxylic acids is 1. The van der Waals surface area contributed by atoms with Crippen molar-refractivity contribution in [1.82, 2.24) is 4.90 Å². The minimum Gasteiger partial charge on any atom is -0.481 e. The van der Waals surface area contributed by atoms with Gasteiger partial charge in [-0.1, -0.05) is 61.3 Å². The highest BCUT2D eigenvalue weighted by Crippen LogP contribution is 2.52. The molecule has 1 unspecified atom stereocenters. The van der Waals surface area contributed by atoms with Gasteiger partial charge < -0.3 is 14.7 Å². The zero-order valence-electron chi connectivity index (χ0n) is 21.3. The normalized spacial score (nSPS) is 23.3. The predicted molar refractivity (Wildman–Crippen MR) is 140 cm³/mol. The van der Waals surface area contributed by atoms with E-state index in [-0.39, 0.29) is 24.7 Å². The van der Waals surface area contributed by atoms with E-state index in [1.54, 1.807) is 50.8 Å². The van der Waals surface area contributed by atoms with Crippen LogP contribution in [0.15, 0.2) is 48.5 Å². The van der Waals surface area contributed by atoms with Gasteiger partial charge in [-0.2, -0.15) is 0 Å². The summed E-state index contributed by atoms with van der Waals surface area (Å²) in [6, 6.07) is 13.0. The van der Waals surface area contributed by atoms with Crippen LogP contribution in [-0.4, -0.2) is 39.5 Å². The highest BCUT2D eigenvalue weighted by Gasteiger charge is 2.53. The SMILES string of the molecule is CC[C@@H](C(=O)OC(C)(C)C)N1C(=O)[C@](C)(CC(=O)O)CC(c2cccc(Cl)c2)[C@H]1c1ccc(Cl)cc1. The number of nitrogens with zero attached hydrogens (tertiary/aromatic N) is 1. The number of piperidine rings is 1. The lowest BCUT2D eigenvalue weighted by molar-refractivity contribution is -0.174. The molecule has 2 aromatic carbocycles. The van der Waals surface area contributed by atoms with Crippen molar-refractivity contribution in [3.63, 3.8) is 0 Å². The van der Waals surface area contributed by atoms with Gasteiger partial charge in [-0.15, -0.1) is 0 Å². The van der Waals surface area contributed by atoms with Crippen LogP contribution in [0.5, 0.6) is 0 Å². The Labute approximate surface area is 222 Å². The van der Waals surface area contributed by atoms with Crippen molar-refractivity contribution >= 4 is 41.0 Å². The number of likely N-dealkylation sites (tertiary alicyclic amines) is 1. The monoisotopic (exact) mass is 533 g/mol. The minimum atomic E-state index is -1.24. The summed E-state index contributed by atoms with van der Waals surface area (Å²) in [4.78, 5) is 41.0. The van der Waals surface area contributed by atoms with Crippen LogP contribution in [0.3, 0.4) is 0 Å². The molecule has 0 aromatic heterocycles. The molecular formula is C28H33Cl2NO5. The van der Waals surface area contributed by atoms with Gasteiger partial charge in [0.2, 0.25) is 5.91 Å². The van der Waals surface area contributed by atoms with Gasteiger partial charge in [0.05, 0.1) is 17.9 Å². The van der Waals surface area contributed by atoms with Crippen molar-refractivity contribution in [1.29, 1.82) is 0 Å². The Morgan fingerprint density at radius 3 is 2.28 bits per heavy atom. The van der Waals surface area contributed by atoms with Crippen LogP contribution in [0.2, 0.25) is 10.0 Å². The smallest absolute Gasteiger partial charge is 0.329 e. The van der Waals surface area contributed by atoms with Crippen LogP contribution < -0.4 is 0 Å². The number of carboxylic acid groups (broad SMARTS) is 1. The third-order valence-corrected chi connectivity index (χ3v) is 7.02. The molecule has 1 aliphatic rings. The number of hydrogen-bond donors (Lipinski definition) is 1. The molecule has 6 nitrogen and oxygen atoms in total. The van der Waals surface area contributed by atoms with Gasteiger partial charge in [0.15, 0.2) is 0 Å². The van der Waals surface area contributed by atoms with Crippen LogP contribution in [0.1, 0.15) is 77.0 Å². The Morgan fingerprint density at radius 1 is 1.11 bits per heavy atom. The van der Waals surface area contributed by atoms with Gasteiger partial charge in [-0.3, -0.25) is 9.59 Å². The molecule has 1 amide bonds. The Hall–Kier alpha value is -2.57. The zero-order chi connectivity index (χ0) is 26.8. The molecule has 0 bridgehead atoms. The minimum absolute atomic E-state index is 0.271. The van der Waals surface area contributed by atoms with Crippen molar-refractivity contribution in [2.75, 3.05) is 0 Å². The summed E-state index contributed by atoms with van der Waals surface area (Å²) in [6.07, 6.45) is 0.209. The van der Waals surface area contributed by atoms with E-state index in [0.717, 1.165) is 11.1 Å². The van der Waals surface area contributed by atoms with Gasteiger partial charge in [0.1, 0.15) is 11.6 Å². The predicted octanol–water partition coefficient (Wildman–Crippen LogP) is 6.65. The standard InChI is InChI=1S/C28H33Cl2NO5/c1-6-22(25(34)36-27(2,3)4)31-24(17-10-12-19(29)13-11-17)21(18-8-7-9-20(30)14-18)15-28(5,26(31)35)16-23(32)33/h7-14,21-22,24H,6,15-16H2,1-5H3,(H,32,33)/t21?,22-,24+,28-/m0/s1. The number of rotatable bonds is 7. The molecule has 4 atom stereocenters. The van der Waals surface area contributed by atoms with Crippen LogP contribution >= 0.6 is 23.2 Å². The first-order valence-corrected chi connectivity index (χ1v) is 12.8. The summed E-state index contributed by atoms with van der Waals surface area (Å²) in [7, 11) is 0. The van der Waals surface area contributed by atoms with E-state index >= 15 is 0 Å². The fraction of sp³-hybridized carbons (Fsp3) is 0.464. The number of carbonyl (C=O) groups is 3. The van der Waals surface area contributed by atoms with Gasteiger partial charge in [-0.25, -0.2) is 4.79 Å². The first kappa shape index (κ1) is 28.0. The molecule has 2 aromatic rings. The molecule has 0 saturated carbocycles. The number of carbonyl (C=O) groups excluding carboxylic acids is 2. The summed E-state index contributed by atoms with van der Waals surface area (Å²) < 4.78 is 5.71. The van der Waals surface area contributed by atoms with Crippen LogP contribution in [0.25, 0.3) is 0 Å². The largest absolute Gasteiger partial charge is 0.481 e. The molecule has 1 saturated heterocycles. The third kappa shape index (κ3) is 6.22. The number of ether oxygens (including phenoxy) is 1. The number of halogens is 2. The molecule has 0 spiro atoms. The molecule has 1 N–H and O–H groups in total. The highest BCUT2D eigenvalue weighted by atomic mass is 35.5. The summed E-state index contributed by atoms with van der Waals surface area (Å²) in [5.41, 5.74) is -0.347. The Kier molecular flexibility index (Phi) is 8.41. The van der Waals surface area contributed by atoms with Gasteiger partial charge >= 0.3 is 11.9 Å². The zero-order valence-corrected chi connectivity index (χ0v) is 22.8. The molecule has 1 aliphatic heterocycles. The second-order valence-electron chi connectivity index (χ2n) is 10.7. The second kappa shape index (κ2) is 10.8. The molecule has 8 heteroatoms. The quantitative estimate of drug-likeness (QED) is 0.402. The molecule has 0 aliphatic carbocycles. The van der Waals surface area contributed by atoms with Gasteiger partial charge in [0, 0.05) is 16.0 Å². The van der Waals surface area contributed by atoms with Crippen molar-refractivity contribution in [3.05, 3.63) is 69.7 Å². The molecule has 1 heterocycles. The molecule has 0 radical (unpaired) electrons. The molecule has 1 fully saturated rings. The highest BCUT2D eigenvalue weighted by molar-refractivity contribution is 6.30. The fourth-order valence-corrected chi connectivity index (χ4v) is 5.39. The maximum Gasteiger partial charge on any atom is 0.329 e. The van der Waals surface area contributed by atoms with Crippen molar-refractivity contribution in [2.45, 2.75) is 77.5 Å². The van der Waals surface area contributed by atoms with E-state index in [4.69, 9.17) is 27.9 Å². The van der Waals surface area contributed by atoms with E-state index in [2.05, 4.69) is 0 Å². The summed E-state index contributed by atoms with van der Waals surface area (Å²) in [5.74, 6) is -2.32. The van der Waals surface area contributed by atoms with E-state index in [1.807, 2.05) is 37.3 Å². The van der Waals surface area contributed by atoms with E-state index in [9.17, 15) is 19.5 Å². The van der Waals surface area contributed by atoms with E-state index in [1.165, 1.54) is 0 Å². The van der Waals surface area contributed by atoms with Crippen LogP contribution in [-0.2, 0) is 19.1 Å². The lowest BCUT2D eigenvalue weighted by Gasteiger charge is -2.51. The van der Waals surface area contributed by atoms with Crippen LogP contribution in [0, 0.1) is 5.41 Å². The fourth-order valence-electron chi connectivity index (χ4n) is 5.07. The van der Waals surface area contributed by atoms with Gasteiger partial charge in [0.25, 0.3) is 0 Å². The van der Waals surface area contributed by atoms with Crippen LogP contribution in [0.4, 0.5) is 0 Å². The second-order valence-corrected chi connectivity index (χ2v) is 11.5. The number of aliphatic carboxylic acids is 1. The van der Waals surface area contributed by atoms with Crippen molar-refractivity contribution < 1.29 is 24.2 Å². The first-order chi connectivity index (χ1) is 16.8. The number of esters is 1. The Balaban J connectivity index is 2.25. The lowest BCUT2D eigenvalue weighted by Crippen LogP contribution is -2.58. The summed E-state index contributed by atoms with van der Waals surface area (Å²) >= 11 is 12.5. The molecule has 3 rings (SSSR count). The van der Waals surface area contributed by atoms with Gasteiger partial charge in [-0.05, 0) is 69.0 Å². The third-order valence-electron chi connectivity index (χ3n) is 6.53. The maximum absolute atomic E-state index is 14.2. The molecule has 194 valence electrons. The maximum atomic E-state index is 14.2. The van der Waals surface area contributed by atoms with Crippen molar-refractivity contribution in [2.24, 2.45) is 5.41 Å². The molecule has 36 heavy (non-hydrogen) atoms. The summed E-state index contributed by atoms with van der Waals surface area (Å²) in [6.45, 7) is 8.80. The Morgan fingerprint density at radius 2 is 1.75 bits per heavy atom. The molecular weight excluding hydrogens is 501 g/mol. The number of benzene rings is 2.